The molecule has 1 aliphatic rings. The van der Waals surface area contributed by atoms with Crippen molar-refractivity contribution in [2.75, 3.05) is 13.2 Å². The smallest absolute Gasteiger partial charge is 0.273 e. The molecule has 1 amide bonds. The Morgan fingerprint density at radius 3 is 2.58 bits per heavy atom. The van der Waals surface area contributed by atoms with Gasteiger partial charge in [-0.1, -0.05) is 54.1 Å². The van der Waals surface area contributed by atoms with Gasteiger partial charge in [0.1, 0.15) is 29.5 Å². The van der Waals surface area contributed by atoms with Gasteiger partial charge in [-0.25, -0.2) is 0 Å². The molecule has 5 rings (SSSR count). The van der Waals surface area contributed by atoms with Crippen LogP contribution >= 0.6 is 11.6 Å². The highest BCUT2D eigenvalue weighted by Crippen LogP contribution is 2.45. The van der Waals surface area contributed by atoms with Crippen molar-refractivity contribution in [3.05, 3.63) is 99.7 Å². The van der Waals surface area contributed by atoms with Gasteiger partial charge >= 0.3 is 0 Å². The minimum atomic E-state index is -0.449. The van der Waals surface area contributed by atoms with Crippen LogP contribution in [0.4, 0.5) is 0 Å². The number of aromatic amines is 1. The second kappa shape index (κ2) is 10.0. The molecule has 3 N–H and O–H groups in total. The van der Waals surface area contributed by atoms with Crippen molar-refractivity contribution in [1.82, 2.24) is 15.1 Å². The maximum atomic E-state index is 13.3. The summed E-state index contributed by atoms with van der Waals surface area (Å²) in [6.45, 7) is 2.60. The van der Waals surface area contributed by atoms with Crippen LogP contribution in [-0.2, 0) is 6.61 Å². The van der Waals surface area contributed by atoms with Crippen molar-refractivity contribution in [3.8, 4) is 22.8 Å². The maximum Gasteiger partial charge on any atom is 0.273 e. The second-order valence-corrected chi connectivity index (χ2v) is 9.21. The summed E-state index contributed by atoms with van der Waals surface area (Å²) < 4.78 is 5.93. The third-order valence-corrected chi connectivity index (χ3v) is 6.80. The van der Waals surface area contributed by atoms with Crippen LogP contribution in [0.5, 0.6) is 11.5 Å². The molecular weight excluding hydrogens is 478 g/mol. The molecule has 1 aliphatic heterocycles. The van der Waals surface area contributed by atoms with Gasteiger partial charge in [-0.3, -0.25) is 9.89 Å². The van der Waals surface area contributed by atoms with E-state index in [1.807, 2.05) is 61.5 Å². The lowest BCUT2D eigenvalue weighted by Gasteiger charge is -2.26. The van der Waals surface area contributed by atoms with Gasteiger partial charge in [0.2, 0.25) is 0 Å². The lowest BCUT2D eigenvalue weighted by atomic mass is 9.95. The number of aromatic hydroxyl groups is 1. The molecule has 1 atom stereocenters. The number of hydrogen-bond donors (Lipinski definition) is 3. The van der Waals surface area contributed by atoms with Gasteiger partial charge in [0.15, 0.2) is 0 Å². The summed E-state index contributed by atoms with van der Waals surface area (Å²) >= 11 is 6.36. The molecule has 4 aromatic rings. The quantitative estimate of drug-likeness (QED) is 0.305. The predicted octanol–water partition coefficient (Wildman–Crippen LogP) is 5.25. The first kappa shape index (κ1) is 23.9. The van der Waals surface area contributed by atoms with Crippen LogP contribution in [-0.4, -0.2) is 44.4 Å². The van der Waals surface area contributed by atoms with Crippen molar-refractivity contribution in [2.24, 2.45) is 0 Å². The number of H-pyrrole nitrogens is 1. The van der Waals surface area contributed by atoms with E-state index in [1.165, 1.54) is 0 Å². The van der Waals surface area contributed by atoms with Gasteiger partial charge in [0.05, 0.1) is 6.04 Å². The normalized spacial score (nSPS) is 14.8. The Morgan fingerprint density at radius 1 is 1.11 bits per heavy atom. The number of fused-ring (bicyclic) bond motifs is 1. The number of ether oxygens (including phenoxy) is 1. The summed E-state index contributed by atoms with van der Waals surface area (Å²) in [5.74, 6) is 0.546. The minimum Gasteiger partial charge on any atom is -0.507 e. The van der Waals surface area contributed by atoms with Crippen LogP contribution in [0.25, 0.3) is 11.3 Å². The molecule has 0 saturated carbocycles. The van der Waals surface area contributed by atoms with E-state index in [0.717, 1.165) is 16.7 Å². The fourth-order valence-corrected chi connectivity index (χ4v) is 4.73. The van der Waals surface area contributed by atoms with E-state index in [9.17, 15) is 15.0 Å². The summed E-state index contributed by atoms with van der Waals surface area (Å²) in [6.07, 6.45) is 0.440. The van der Waals surface area contributed by atoms with Gasteiger partial charge in [0, 0.05) is 29.3 Å². The van der Waals surface area contributed by atoms with Gasteiger partial charge in [-0.05, 0) is 54.3 Å². The van der Waals surface area contributed by atoms with E-state index in [0.29, 0.717) is 52.9 Å². The molecule has 0 aliphatic carbocycles. The van der Waals surface area contributed by atoms with E-state index in [1.54, 1.807) is 17.0 Å². The van der Waals surface area contributed by atoms with E-state index in [-0.39, 0.29) is 18.3 Å². The lowest BCUT2D eigenvalue weighted by molar-refractivity contribution is 0.0732. The van der Waals surface area contributed by atoms with Crippen LogP contribution in [0, 0.1) is 6.92 Å². The van der Waals surface area contributed by atoms with Crippen LogP contribution in [0.3, 0.4) is 0 Å². The SMILES string of the molecule is Cc1cc(O)c(-c2n[nH]c3c2[C@@H](c2ccc(OCc4ccccc4)cc2)N(CCCO)C3=O)cc1Cl. The van der Waals surface area contributed by atoms with Crippen molar-refractivity contribution >= 4 is 17.5 Å². The molecule has 0 radical (unpaired) electrons. The third-order valence-electron chi connectivity index (χ3n) is 6.40. The highest BCUT2D eigenvalue weighted by Gasteiger charge is 2.42. The number of hydrogen-bond acceptors (Lipinski definition) is 5. The minimum absolute atomic E-state index is 0.0316. The van der Waals surface area contributed by atoms with E-state index in [2.05, 4.69) is 10.2 Å². The Morgan fingerprint density at radius 2 is 1.86 bits per heavy atom. The molecule has 7 nitrogen and oxygen atoms in total. The maximum absolute atomic E-state index is 13.3. The van der Waals surface area contributed by atoms with Crippen molar-refractivity contribution in [1.29, 1.82) is 0 Å². The number of nitrogens with zero attached hydrogens (tertiary/aromatic N) is 2. The number of phenolic OH excluding ortho intramolecular Hbond substituents is 1. The van der Waals surface area contributed by atoms with Crippen molar-refractivity contribution in [2.45, 2.75) is 26.0 Å². The standard InChI is InChI=1S/C28H26ClN3O4/c1-17-14-23(34)21(15-22(17)29)25-24-26(31-30-25)28(35)32(12-5-13-33)27(24)19-8-10-20(11-9-19)36-16-18-6-3-2-4-7-18/h2-4,6-11,14-15,27,33-34H,5,12-13,16H2,1H3,(H,30,31)/t27-/m1/s1. The number of halogens is 1. The fraction of sp³-hybridized carbons (Fsp3) is 0.214. The van der Waals surface area contributed by atoms with Crippen LogP contribution < -0.4 is 4.74 Å². The molecule has 3 aromatic carbocycles. The largest absolute Gasteiger partial charge is 0.507 e. The number of aliphatic hydroxyl groups is 1. The molecule has 0 saturated heterocycles. The number of amides is 1. The summed E-state index contributed by atoms with van der Waals surface area (Å²) in [7, 11) is 0. The van der Waals surface area contributed by atoms with Crippen molar-refractivity contribution < 1.29 is 19.7 Å². The monoisotopic (exact) mass is 503 g/mol. The molecule has 0 fully saturated rings. The first-order chi connectivity index (χ1) is 17.5. The topological polar surface area (TPSA) is 98.7 Å². The zero-order valence-corrected chi connectivity index (χ0v) is 20.5. The van der Waals surface area contributed by atoms with E-state index in [4.69, 9.17) is 16.3 Å². The molecule has 184 valence electrons. The molecule has 0 unspecified atom stereocenters. The first-order valence-electron chi connectivity index (χ1n) is 11.7. The molecule has 2 heterocycles. The number of aliphatic hydroxyl groups excluding tert-OH is 1. The number of phenols is 1. The summed E-state index contributed by atoms with van der Waals surface area (Å²) in [5.41, 5.74) is 4.65. The Labute approximate surface area is 213 Å². The summed E-state index contributed by atoms with van der Waals surface area (Å²) in [6, 6.07) is 20.3. The highest BCUT2D eigenvalue weighted by molar-refractivity contribution is 6.31. The van der Waals surface area contributed by atoms with Gasteiger partial charge < -0.3 is 19.8 Å². The Hall–Kier alpha value is -3.81. The molecule has 0 spiro atoms. The zero-order chi connectivity index (χ0) is 25.2. The molecular formula is C28H26ClN3O4. The average Bonchev–Trinajstić information content (AvgIpc) is 3.43. The number of rotatable bonds is 8. The average molecular weight is 504 g/mol. The van der Waals surface area contributed by atoms with Crippen LogP contribution in [0.15, 0.2) is 66.7 Å². The van der Waals surface area contributed by atoms with Gasteiger partial charge in [0.25, 0.3) is 5.91 Å². The first-order valence-corrected chi connectivity index (χ1v) is 12.1. The Balaban J connectivity index is 1.51. The molecule has 0 bridgehead atoms. The van der Waals surface area contributed by atoms with Crippen LogP contribution in [0.1, 0.15) is 45.2 Å². The Kier molecular flexibility index (Phi) is 6.67. The van der Waals surface area contributed by atoms with E-state index < -0.39 is 6.04 Å². The molecule has 8 heteroatoms. The fourth-order valence-electron chi connectivity index (χ4n) is 4.56. The number of aromatic nitrogens is 2. The summed E-state index contributed by atoms with van der Waals surface area (Å²) in [4.78, 5) is 15.0. The number of benzene rings is 3. The highest BCUT2D eigenvalue weighted by atomic mass is 35.5. The third kappa shape index (κ3) is 4.43. The lowest BCUT2D eigenvalue weighted by Crippen LogP contribution is -2.31. The predicted molar refractivity (Wildman–Crippen MR) is 137 cm³/mol. The zero-order valence-electron chi connectivity index (χ0n) is 19.7. The second-order valence-electron chi connectivity index (χ2n) is 8.80. The number of aryl methyl sites for hydroxylation is 1. The molecule has 36 heavy (non-hydrogen) atoms. The number of carbonyl (C=O) groups is 1. The number of carbonyl (C=O) groups excluding carboxylic acids is 1. The molecule has 1 aromatic heterocycles. The van der Waals surface area contributed by atoms with Gasteiger partial charge in [-0.2, -0.15) is 5.10 Å². The van der Waals surface area contributed by atoms with Crippen molar-refractivity contribution in [3.63, 3.8) is 0 Å². The van der Waals surface area contributed by atoms with E-state index >= 15 is 0 Å². The van der Waals surface area contributed by atoms with Gasteiger partial charge in [-0.15, -0.1) is 0 Å². The van der Waals surface area contributed by atoms with Crippen LogP contribution in [0.2, 0.25) is 5.02 Å². The summed E-state index contributed by atoms with van der Waals surface area (Å²) in [5, 5.41) is 27.9. The Bertz CT molecular complexity index is 1390. The number of nitrogens with one attached hydrogen (secondary N) is 1.